The Morgan fingerprint density at radius 3 is 2.59 bits per heavy atom. The van der Waals surface area contributed by atoms with Gasteiger partial charge in [0.05, 0.1) is 10.7 Å². The lowest BCUT2D eigenvalue weighted by Gasteiger charge is -2.29. The van der Waals surface area contributed by atoms with Crippen LogP contribution in [-0.4, -0.2) is 13.1 Å². The van der Waals surface area contributed by atoms with E-state index in [1.54, 1.807) is 0 Å². The summed E-state index contributed by atoms with van der Waals surface area (Å²) in [6.45, 7) is 5.18. The molecule has 0 atom stereocenters. The summed E-state index contributed by atoms with van der Waals surface area (Å²) in [5, 5.41) is 4.30. The fourth-order valence-corrected chi connectivity index (χ4v) is 3.33. The first-order valence-corrected chi connectivity index (χ1v) is 8.44. The number of nitrogens with zero attached hydrogens (tertiary/aromatic N) is 1. The van der Waals surface area contributed by atoms with E-state index in [-0.39, 0.29) is 0 Å². The Balaban J connectivity index is 1.66. The standard InChI is InChI=1S/C19H23ClN2/c1-15-6-5-7-16(12-15)14-21-17-8-9-19(18(20)13-17)22-10-3-2-4-11-22/h5-9,12-13,21H,2-4,10-11,14H2,1H3. The molecule has 116 valence electrons. The van der Waals surface area contributed by atoms with Crippen LogP contribution in [0.15, 0.2) is 42.5 Å². The Labute approximate surface area is 138 Å². The summed E-state index contributed by atoms with van der Waals surface area (Å²) in [5.74, 6) is 0. The molecule has 0 radical (unpaired) electrons. The fourth-order valence-electron chi connectivity index (χ4n) is 3.03. The molecule has 0 unspecified atom stereocenters. The summed E-state index contributed by atoms with van der Waals surface area (Å²) in [7, 11) is 0. The van der Waals surface area contributed by atoms with Crippen LogP contribution in [0, 0.1) is 6.92 Å². The first-order chi connectivity index (χ1) is 10.7. The average Bonchev–Trinajstić information content (AvgIpc) is 2.54. The van der Waals surface area contributed by atoms with E-state index in [4.69, 9.17) is 11.6 Å². The largest absolute Gasteiger partial charge is 0.381 e. The second kappa shape index (κ2) is 7.06. The van der Waals surface area contributed by atoms with Crippen molar-refractivity contribution in [3.8, 4) is 0 Å². The number of hydrogen-bond donors (Lipinski definition) is 1. The van der Waals surface area contributed by atoms with Crippen LogP contribution in [0.5, 0.6) is 0 Å². The average molecular weight is 315 g/mol. The van der Waals surface area contributed by atoms with Crippen LogP contribution in [-0.2, 0) is 6.54 Å². The highest BCUT2D eigenvalue weighted by Gasteiger charge is 2.13. The molecule has 1 aliphatic heterocycles. The molecule has 2 aromatic carbocycles. The van der Waals surface area contributed by atoms with Gasteiger partial charge in [-0.15, -0.1) is 0 Å². The Hall–Kier alpha value is -1.67. The molecule has 0 bridgehead atoms. The molecule has 3 rings (SSSR count). The number of aryl methyl sites for hydroxylation is 1. The number of rotatable bonds is 4. The summed E-state index contributed by atoms with van der Waals surface area (Å²) in [4.78, 5) is 2.40. The maximum Gasteiger partial charge on any atom is 0.0660 e. The van der Waals surface area contributed by atoms with Gasteiger partial charge in [0.1, 0.15) is 0 Å². The topological polar surface area (TPSA) is 15.3 Å². The molecule has 1 heterocycles. The molecule has 3 heteroatoms. The minimum absolute atomic E-state index is 0.821. The molecule has 2 nitrogen and oxygen atoms in total. The summed E-state index contributed by atoms with van der Waals surface area (Å²) >= 11 is 6.49. The van der Waals surface area contributed by atoms with Gasteiger partial charge in [0.15, 0.2) is 0 Å². The molecular formula is C19H23ClN2. The van der Waals surface area contributed by atoms with Gasteiger partial charge in [-0.3, -0.25) is 0 Å². The second-order valence-corrected chi connectivity index (χ2v) is 6.46. The quantitative estimate of drug-likeness (QED) is 0.829. The summed E-state index contributed by atoms with van der Waals surface area (Å²) < 4.78 is 0. The number of halogens is 1. The van der Waals surface area contributed by atoms with Gasteiger partial charge in [0.2, 0.25) is 0 Å². The maximum atomic E-state index is 6.49. The van der Waals surface area contributed by atoms with Crippen molar-refractivity contribution in [1.29, 1.82) is 0 Å². The number of nitrogens with one attached hydrogen (secondary N) is 1. The molecule has 1 fully saturated rings. The third kappa shape index (κ3) is 3.75. The third-order valence-electron chi connectivity index (χ3n) is 4.22. The van der Waals surface area contributed by atoms with Gasteiger partial charge >= 0.3 is 0 Å². The first kappa shape index (κ1) is 15.2. The van der Waals surface area contributed by atoms with Crippen molar-refractivity contribution in [2.24, 2.45) is 0 Å². The molecule has 1 aliphatic rings. The van der Waals surface area contributed by atoms with Crippen molar-refractivity contribution >= 4 is 23.0 Å². The predicted octanol–water partition coefficient (Wildman–Crippen LogP) is 5.25. The Bertz CT molecular complexity index is 633. The van der Waals surface area contributed by atoms with Crippen LogP contribution in [0.1, 0.15) is 30.4 Å². The van der Waals surface area contributed by atoms with Gasteiger partial charge in [-0.1, -0.05) is 41.4 Å². The molecule has 0 amide bonds. The van der Waals surface area contributed by atoms with Crippen molar-refractivity contribution in [1.82, 2.24) is 0 Å². The minimum atomic E-state index is 0.821. The van der Waals surface area contributed by atoms with Gasteiger partial charge in [0, 0.05) is 25.3 Å². The summed E-state index contributed by atoms with van der Waals surface area (Å²) in [6, 6.07) is 14.9. The monoisotopic (exact) mass is 314 g/mol. The molecule has 0 spiro atoms. The zero-order valence-corrected chi connectivity index (χ0v) is 13.9. The lowest BCUT2D eigenvalue weighted by Crippen LogP contribution is -2.29. The lowest BCUT2D eigenvalue weighted by atomic mass is 10.1. The van der Waals surface area contributed by atoms with Gasteiger partial charge in [-0.25, -0.2) is 0 Å². The van der Waals surface area contributed by atoms with E-state index in [0.29, 0.717) is 0 Å². The SMILES string of the molecule is Cc1cccc(CNc2ccc(N3CCCCC3)c(Cl)c2)c1. The maximum absolute atomic E-state index is 6.49. The van der Waals surface area contributed by atoms with Crippen LogP contribution < -0.4 is 10.2 Å². The Morgan fingerprint density at radius 1 is 1.05 bits per heavy atom. The zero-order valence-electron chi connectivity index (χ0n) is 13.1. The first-order valence-electron chi connectivity index (χ1n) is 8.06. The molecule has 2 aromatic rings. The Kier molecular flexibility index (Phi) is 4.89. The summed E-state index contributed by atoms with van der Waals surface area (Å²) in [5.41, 5.74) is 4.82. The number of piperidine rings is 1. The number of anilines is 2. The highest BCUT2D eigenvalue weighted by atomic mass is 35.5. The minimum Gasteiger partial charge on any atom is -0.381 e. The van der Waals surface area contributed by atoms with E-state index in [9.17, 15) is 0 Å². The van der Waals surface area contributed by atoms with Crippen LogP contribution in [0.3, 0.4) is 0 Å². The molecular weight excluding hydrogens is 292 g/mol. The molecule has 0 aliphatic carbocycles. The van der Waals surface area contributed by atoms with Crippen molar-refractivity contribution in [3.63, 3.8) is 0 Å². The smallest absolute Gasteiger partial charge is 0.0660 e. The van der Waals surface area contributed by atoms with E-state index in [1.807, 2.05) is 6.07 Å². The number of hydrogen-bond acceptors (Lipinski definition) is 2. The molecule has 1 saturated heterocycles. The highest BCUT2D eigenvalue weighted by molar-refractivity contribution is 6.33. The van der Waals surface area contributed by atoms with Crippen LogP contribution >= 0.6 is 11.6 Å². The van der Waals surface area contributed by atoms with Gasteiger partial charge in [-0.05, 0) is 49.9 Å². The number of benzene rings is 2. The third-order valence-corrected chi connectivity index (χ3v) is 4.53. The van der Waals surface area contributed by atoms with Crippen LogP contribution in [0.25, 0.3) is 0 Å². The van der Waals surface area contributed by atoms with E-state index in [1.165, 1.54) is 36.1 Å². The van der Waals surface area contributed by atoms with Gasteiger partial charge < -0.3 is 10.2 Å². The predicted molar refractivity (Wildman–Crippen MR) is 96.0 cm³/mol. The normalized spacial score (nSPS) is 14.9. The van der Waals surface area contributed by atoms with Crippen molar-refractivity contribution < 1.29 is 0 Å². The molecule has 0 aromatic heterocycles. The molecule has 1 N–H and O–H groups in total. The molecule has 0 saturated carbocycles. The molecule has 22 heavy (non-hydrogen) atoms. The van der Waals surface area contributed by atoms with Crippen molar-refractivity contribution in [2.75, 3.05) is 23.3 Å². The zero-order chi connectivity index (χ0) is 15.4. The Morgan fingerprint density at radius 2 is 1.86 bits per heavy atom. The van der Waals surface area contributed by atoms with E-state index in [0.717, 1.165) is 30.3 Å². The van der Waals surface area contributed by atoms with Crippen LogP contribution in [0.4, 0.5) is 11.4 Å². The summed E-state index contributed by atoms with van der Waals surface area (Å²) in [6.07, 6.45) is 3.87. The van der Waals surface area contributed by atoms with Crippen LogP contribution in [0.2, 0.25) is 5.02 Å². The highest BCUT2D eigenvalue weighted by Crippen LogP contribution is 2.31. The van der Waals surface area contributed by atoms with Crippen molar-refractivity contribution in [2.45, 2.75) is 32.7 Å². The fraction of sp³-hybridized carbons (Fsp3) is 0.368. The lowest BCUT2D eigenvalue weighted by molar-refractivity contribution is 0.578. The van der Waals surface area contributed by atoms with E-state index in [2.05, 4.69) is 53.5 Å². The van der Waals surface area contributed by atoms with E-state index < -0.39 is 0 Å². The van der Waals surface area contributed by atoms with Crippen molar-refractivity contribution in [3.05, 3.63) is 58.6 Å². The van der Waals surface area contributed by atoms with Gasteiger partial charge in [0.25, 0.3) is 0 Å². The van der Waals surface area contributed by atoms with E-state index >= 15 is 0 Å². The van der Waals surface area contributed by atoms with Gasteiger partial charge in [-0.2, -0.15) is 0 Å². The second-order valence-electron chi connectivity index (χ2n) is 6.06.